The van der Waals surface area contributed by atoms with Crippen LogP contribution in [0.3, 0.4) is 0 Å². The van der Waals surface area contributed by atoms with E-state index in [1.54, 1.807) is 9.80 Å². The number of aryl methyl sites for hydroxylation is 1. The molecule has 0 spiro atoms. The van der Waals surface area contributed by atoms with Crippen molar-refractivity contribution < 1.29 is 9.59 Å². The van der Waals surface area contributed by atoms with Crippen molar-refractivity contribution in [3.63, 3.8) is 0 Å². The molecule has 1 saturated heterocycles. The molecule has 2 aliphatic heterocycles. The van der Waals surface area contributed by atoms with Crippen molar-refractivity contribution >= 4 is 40.5 Å². The minimum Gasteiger partial charge on any atom is -0.345 e. The number of amides is 2. The van der Waals surface area contributed by atoms with Gasteiger partial charge in [-0.15, -0.1) is 0 Å². The Morgan fingerprint density at radius 1 is 1.06 bits per heavy atom. The van der Waals surface area contributed by atoms with Crippen LogP contribution in [-0.2, 0) is 9.59 Å². The molecule has 5 nitrogen and oxygen atoms in total. The minimum absolute atomic E-state index is 0.0886. The summed E-state index contributed by atoms with van der Waals surface area (Å²) < 4.78 is 0. The zero-order valence-corrected chi connectivity index (χ0v) is 19.1. The first-order valence-corrected chi connectivity index (χ1v) is 11.4. The predicted molar refractivity (Wildman–Crippen MR) is 128 cm³/mol. The van der Waals surface area contributed by atoms with Gasteiger partial charge >= 0.3 is 0 Å². The van der Waals surface area contributed by atoms with E-state index in [0.717, 1.165) is 29.8 Å². The fourth-order valence-corrected chi connectivity index (χ4v) is 4.86. The molecule has 31 heavy (non-hydrogen) atoms. The van der Waals surface area contributed by atoms with Crippen LogP contribution in [0.15, 0.2) is 59.2 Å². The van der Waals surface area contributed by atoms with Crippen molar-refractivity contribution in [1.82, 2.24) is 4.90 Å². The smallest absolute Gasteiger partial charge is 0.283 e. The molecular formula is C25H27N3O2S. The van der Waals surface area contributed by atoms with E-state index >= 15 is 0 Å². The van der Waals surface area contributed by atoms with Crippen LogP contribution in [0.25, 0.3) is 6.08 Å². The maximum absolute atomic E-state index is 13.3. The molecule has 0 aromatic heterocycles. The zero-order valence-electron chi connectivity index (χ0n) is 18.3. The number of carbonyl (C=O) groups excluding carboxylic acids is 2. The van der Waals surface area contributed by atoms with Gasteiger partial charge in [0.05, 0.1) is 10.9 Å². The predicted octanol–water partition coefficient (Wildman–Crippen LogP) is 4.83. The number of rotatable bonds is 4. The van der Waals surface area contributed by atoms with Crippen molar-refractivity contribution in [3.05, 3.63) is 70.9 Å². The molecule has 2 aromatic carbocycles. The van der Waals surface area contributed by atoms with E-state index in [9.17, 15) is 9.59 Å². The molecule has 0 aliphatic carbocycles. The highest BCUT2D eigenvalue weighted by Crippen LogP contribution is 2.34. The van der Waals surface area contributed by atoms with Gasteiger partial charge in [0.15, 0.2) is 5.17 Å². The summed E-state index contributed by atoms with van der Waals surface area (Å²) in [5.74, 6) is 0.374. The summed E-state index contributed by atoms with van der Waals surface area (Å²) in [5, 5.41) is 0.349. The Morgan fingerprint density at radius 2 is 1.74 bits per heavy atom. The molecule has 2 amide bonds. The molecule has 0 saturated carbocycles. The Balaban J connectivity index is 1.67. The third-order valence-electron chi connectivity index (χ3n) is 5.65. The van der Waals surface area contributed by atoms with Crippen LogP contribution in [0.2, 0.25) is 0 Å². The summed E-state index contributed by atoms with van der Waals surface area (Å²) in [4.78, 5) is 33.8. The minimum atomic E-state index is -0.214. The summed E-state index contributed by atoms with van der Waals surface area (Å²) >= 11 is 1.38. The third-order valence-corrected chi connectivity index (χ3v) is 6.86. The van der Waals surface area contributed by atoms with E-state index in [4.69, 9.17) is 0 Å². The van der Waals surface area contributed by atoms with Crippen LogP contribution >= 0.6 is 11.8 Å². The number of carbonyl (C=O) groups is 2. The second-order valence-electron chi connectivity index (χ2n) is 8.38. The van der Waals surface area contributed by atoms with Gasteiger partial charge in [-0.2, -0.15) is 0 Å². The largest absolute Gasteiger partial charge is 0.345 e. The van der Waals surface area contributed by atoms with Gasteiger partial charge in [-0.25, -0.2) is 4.99 Å². The lowest BCUT2D eigenvalue weighted by molar-refractivity contribution is -0.126. The summed E-state index contributed by atoms with van der Waals surface area (Å²) in [6, 6.07) is 16.0. The van der Waals surface area contributed by atoms with Crippen LogP contribution in [0.4, 0.5) is 5.69 Å². The standard InChI is InChI=1S/C25H27N3O2S/c1-16(2)19-9-7-18(8-10-19)15-21-23(29)28(20-11-5-17(3)6-12-20)25(26-21)31-22-13-14-27(4)24(22)30/h5-12,15-16,22H,13-14H2,1-4H3/b21-15-. The van der Waals surface area contributed by atoms with Gasteiger partial charge in [-0.05, 0) is 48.6 Å². The molecular weight excluding hydrogens is 406 g/mol. The van der Waals surface area contributed by atoms with Gasteiger partial charge < -0.3 is 4.90 Å². The Hall–Kier alpha value is -2.86. The monoisotopic (exact) mass is 433 g/mol. The third kappa shape index (κ3) is 4.44. The van der Waals surface area contributed by atoms with E-state index in [2.05, 4.69) is 31.0 Å². The van der Waals surface area contributed by atoms with Gasteiger partial charge in [-0.3, -0.25) is 14.5 Å². The number of likely N-dealkylation sites (tertiary alicyclic amines) is 1. The highest BCUT2D eigenvalue weighted by molar-refractivity contribution is 8.15. The van der Waals surface area contributed by atoms with Gasteiger partial charge in [0.2, 0.25) is 5.91 Å². The Kier molecular flexibility index (Phi) is 6.01. The first kappa shape index (κ1) is 21.4. The number of hydrogen-bond donors (Lipinski definition) is 0. The van der Waals surface area contributed by atoms with Gasteiger partial charge in [-0.1, -0.05) is 67.6 Å². The lowest BCUT2D eigenvalue weighted by Crippen LogP contribution is -2.33. The summed E-state index contributed by atoms with van der Waals surface area (Å²) in [6.45, 7) is 7.05. The average Bonchev–Trinajstić information content (AvgIpc) is 3.23. The topological polar surface area (TPSA) is 53.0 Å². The normalized spacial score (nSPS) is 20.4. The van der Waals surface area contributed by atoms with Crippen molar-refractivity contribution in [1.29, 1.82) is 0 Å². The van der Waals surface area contributed by atoms with E-state index in [-0.39, 0.29) is 17.1 Å². The summed E-state index contributed by atoms with van der Waals surface area (Å²) in [5.41, 5.74) is 4.46. The number of benzene rings is 2. The quantitative estimate of drug-likeness (QED) is 0.649. The number of amidine groups is 1. The molecule has 2 aromatic rings. The van der Waals surface area contributed by atoms with Crippen LogP contribution in [0.5, 0.6) is 0 Å². The zero-order chi connectivity index (χ0) is 22.1. The van der Waals surface area contributed by atoms with Crippen molar-refractivity contribution in [3.8, 4) is 0 Å². The van der Waals surface area contributed by atoms with Crippen molar-refractivity contribution in [2.24, 2.45) is 4.99 Å². The molecule has 1 unspecified atom stereocenters. The summed E-state index contributed by atoms with van der Waals surface area (Å²) in [7, 11) is 1.81. The molecule has 0 radical (unpaired) electrons. The maximum Gasteiger partial charge on any atom is 0.283 e. The van der Waals surface area contributed by atoms with Crippen molar-refractivity contribution in [2.45, 2.75) is 38.4 Å². The first-order valence-electron chi connectivity index (χ1n) is 10.6. The number of hydrogen-bond acceptors (Lipinski definition) is 4. The molecule has 6 heteroatoms. The van der Waals surface area contributed by atoms with Crippen LogP contribution in [0, 0.1) is 6.92 Å². The molecule has 160 valence electrons. The van der Waals surface area contributed by atoms with E-state index in [1.165, 1.54) is 17.3 Å². The van der Waals surface area contributed by atoms with Gasteiger partial charge in [0, 0.05) is 13.6 Å². The lowest BCUT2D eigenvalue weighted by Gasteiger charge is -2.19. The number of thioether (sulfide) groups is 1. The SMILES string of the molecule is Cc1ccc(N2C(=O)/C(=C/c3ccc(C(C)C)cc3)N=C2SC2CCN(C)C2=O)cc1. The molecule has 4 rings (SSSR count). The van der Waals surface area contributed by atoms with Crippen molar-refractivity contribution in [2.75, 3.05) is 18.5 Å². The van der Waals surface area contributed by atoms with Gasteiger partial charge in [0.25, 0.3) is 5.91 Å². The molecule has 0 bridgehead atoms. The second kappa shape index (κ2) is 8.71. The Morgan fingerprint density at radius 3 is 2.32 bits per heavy atom. The molecule has 1 atom stereocenters. The number of nitrogens with zero attached hydrogens (tertiary/aromatic N) is 3. The van der Waals surface area contributed by atoms with Crippen LogP contribution in [-0.4, -0.2) is 40.7 Å². The highest BCUT2D eigenvalue weighted by Gasteiger charge is 2.37. The Labute approximate surface area is 187 Å². The van der Waals surface area contributed by atoms with Crippen LogP contribution in [0.1, 0.15) is 42.9 Å². The molecule has 1 fully saturated rings. The van der Waals surface area contributed by atoms with E-state index in [1.807, 2.05) is 56.4 Å². The summed E-state index contributed by atoms with van der Waals surface area (Å²) in [6.07, 6.45) is 2.58. The maximum atomic E-state index is 13.3. The fraction of sp³-hybridized carbons (Fsp3) is 0.320. The second-order valence-corrected chi connectivity index (χ2v) is 9.55. The van der Waals surface area contributed by atoms with E-state index < -0.39 is 0 Å². The molecule has 2 heterocycles. The van der Waals surface area contributed by atoms with Gasteiger partial charge in [0.1, 0.15) is 5.70 Å². The number of aliphatic imine (C=N–C) groups is 1. The Bertz CT molecular complexity index is 1060. The lowest BCUT2D eigenvalue weighted by atomic mass is 10.0. The first-order chi connectivity index (χ1) is 14.8. The molecule has 2 aliphatic rings. The number of anilines is 1. The average molecular weight is 434 g/mol. The van der Waals surface area contributed by atoms with E-state index in [0.29, 0.717) is 16.8 Å². The fourth-order valence-electron chi connectivity index (χ4n) is 3.66. The molecule has 0 N–H and O–H groups in total. The highest BCUT2D eigenvalue weighted by atomic mass is 32.2. The van der Waals surface area contributed by atoms with Crippen LogP contribution < -0.4 is 4.90 Å².